The summed E-state index contributed by atoms with van der Waals surface area (Å²) in [7, 11) is 0. The van der Waals surface area contributed by atoms with Gasteiger partial charge in [0.05, 0.1) is 11.0 Å². The van der Waals surface area contributed by atoms with E-state index in [1.807, 2.05) is 0 Å². The minimum atomic E-state index is 0.480. The molecule has 8 rings (SSSR count). The number of hydrogen-bond donors (Lipinski definition) is 0. The Morgan fingerprint density at radius 1 is 0.396 bits per heavy atom. The average molecular weight is 689 g/mol. The molecule has 0 radical (unpaired) electrons. The third-order valence-corrected chi connectivity index (χ3v) is 9.98. The number of para-hydroxylation sites is 4. The number of rotatable bonds is 10. The molecule has 1 heterocycles. The summed E-state index contributed by atoms with van der Waals surface area (Å²) in [5.74, 6) is 1.87. The second-order valence-corrected chi connectivity index (χ2v) is 14.2. The molecule has 0 fully saturated rings. The van der Waals surface area contributed by atoms with E-state index in [9.17, 15) is 0 Å². The summed E-state index contributed by atoms with van der Waals surface area (Å²) >= 11 is 0. The number of nitrogens with zero attached hydrogens (tertiary/aromatic N) is 4. The summed E-state index contributed by atoms with van der Waals surface area (Å²) in [6, 6.07) is 65.0. The molecule has 4 heteroatoms. The van der Waals surface area contributed by atoms with Crippen LogP contribution in [0.5, 0.6) is 0 Å². The number of aromatic nitrogens is 2. The summed E-state index contributed by atoms with van der Waals surface area (Å²) in [5.41, 5.74) is 13.5. The van der Waals surface area contributed by atoms with Gasteiger partial charge in [0.2, 0.25) is 0 Å². The first kappa shape index (κ1) is 33.7. The van der Waals surface area contributed by atoms with Crippen molar-refractivity contribution in [3.8, 4) is 17.1 Å². The first-order chi connectivity index (χ1) is 25.9. The molecule has 0 atom stereocenters. The lowest BCUT2D eigenvalue weighted by atomic mass is 10.0. The third kappa shape index (κ3) is 6.84. The second kappa shape index (κ2) is 14.7. The highest BCUT2D eigenvalue weighted by atomic mass is 15.2. The van der Waals surface area contributed by atoms with Gasteiger partial charge in [-0.1, -0.05) is 100 Å². The van der Waals surface area contributed by atoms with Crippen molar-refractivity contribution < 1.29 is 0 Å². The van der Waals surface area contributed by atoms with E-state index in [0.29, 0.717) is 11.8 Å². The van der Waals surface area contributed by atoms with Gasteiger partial charge in [-0.05, 0) is 132 Å². The minimum absolute atomic E-state index is 0.480. The zero-order valence-electron chi connectivity index (χ0n) is 30.8. The molecular formula is C49H44N4. The van der Waals surface area contributed by atoms with E-state index in [1.165, 1.54) is 11.1 Å². The summed E-state index contributed by atoms with van der Waals surface area (Å²) in [4.78, 5) is 9.81. The van der Waals surface area contributed by atoms with E-state index >= 15 is 0 Å². The fourth-order valence-electron chi connectivity index (χ4n) is 7.06. The lowest BCUT2D eigenvalue weighted by Gasteiger charge is -2.26. The van der Waals surface area contributed by atoms with Crippen molar-refractivity contribution >= 4 is 45.2 Å². The highest BCUT2D eigenvalue weighted by Crippen LogP contribution is 2.39. The van der Waals surface area contributed by atoms with Gasteiger partial charge in [0, 0.05) is 45.4 Å². The monoisotopic (exact) mass is 688 g/mol. The fraction of sp³-hybridized carbons (Fsp3) is 0.122. The molecule has 0 aliphatic heterocycles. The van der Waals surface area contributed by atoms with Crippen LogP contribution in [0, 0.1) is 0 Å². The van der Waals surface area contributed by atoms with Crippen molar-refractivity contribution in [1.29, 1.82) is 0 Å². The van der Waals surface area contributed by atoms with E-state index in [2.05, 4.69) is 224 Å². The Morgan fingerprint density at radius 2 is 0.774 bits per heavy atom. The number of anilines is 6. The highest BCUT2D eigenvalue weighted by molar-refractivity contribution is 5.85. The Labute approximate surface area is 313 Å². The van der Waals surface area contributed by atoms with Gasteiger partial charge in [-0.25, -0.2) is 4.98 Å². The van der Waals surface area contributed by atoms with Crippen molar-refractivity contribution in [1.82, 2.24) is 9.55 Å². The summed E-state index contributed by atoms with van der Waals surface area (Å²) in [6.45, 7) is 8.93. The van der Waals surface area contributed by atoms with Crippen LogP contribution < -0.4 is 9.80 Å². The second-order valence-electron chi connectivity index (χ2n) is 14.2. The van der Waals surface area contributed by atoms with Crippen molar-refractivity contribution in [2.24, 2.45) is 0 Å². The maximum Gasteiger partial charge on any atom is 0.145 e. The topological polar surface area (TPSA) is 24.3 Å². The van der Waals surface area contributed by atoms with Crippen LogP contribution in [0.25, 0.3) is 28.1 Å². The van der Waals surface area contributed by atoms with Gasteiger partial charge < -0.3 is 9.80 Å². The van der Waals surface area contributed by atoms with Crippen LogP contribution in [0.3, 0.4) is 0 Å². The first-order valence-corrected chi connectivity index (χ1v) is 18.5. The summed E-state index contributed by atoms with van der Waals surface area (Å²) in [5, 5.41) is 0. The minimum Gasteiger partial charge on any atom is -0.311 e. The quantitative estimate of drug-likeness (QED) is 0.143. The number of fused-ring (bicyclic) bond motifs is 1. The van der Waals surface area contributed by atoms with E-state index in [4.69, 9.17) is 4.98 Å². The van der Waals surface area contributed by atoms with Crippen LogP contribution in [0.2, 0.25) is 0 Å². The van der Waals surface area contributed by atoms with Gasteiger partial charge >= 0.3 is 0 Å². The Morgan fingerprint density at radius 3 is 1.23 bits per heavy atom. The smallest absolute Gasteiger partial charge is 0.145 e. The summed E-state index contributed by atoms with van der Waals surface area (Å²) < 4.78 is 2.28. The van der Waals surface area contributed by atoms with Crippen molar-refractivity contribution in [2.75, 3.05) is 9.80 Å². The van der Waals surface area contributed by atoms with Crippen LogP contribution >= 0.6 is 0 Å². The van der Waals surface area contributed by atoms with Crippen LogP contribution in [0.4, 0.5) is 34.1 Å². The molecule has 8 aromatic rings. The number of benzene rings is 7. The molecule has 0 bridgehead atoms. The van der Waals surface area contributed by atoms with Crippen LogP contribution in [0.15, 0.2) is 182 Å². The SMILES string of the molecule is CC(C)c1ccc(N(c2ccccc2)c2ccc(-c3nc4ccccc4n3-c3ccc(N(c4ccccc4)c4ccc(C(C)C)cc4)cc3)cc2)cc1. The molecule has 0 saturated heterocycles. The molecule has 0 unspecified atom stereocenters. The standard InChI is InChI=1S/C49H44N4/c1-35(2)37-19-25-42(26-20-37)51(40-13-7-5-8-14-40)44-29-23-39(24-30-44)49-50-47-17-11-12-18-48(47)53(49)46-33-31-45(32-34-46)52(41-15-9-6-10-16-41)43-27-21-38(22-28-43)36(3)4/h5-36H,1-4H3. The molecule has 0 aliphatic carbocycles. The molecule has 0 N–H and O–H groups in total. The molecule has 260 valence electrons. The lowest BCUT2D eigenvalue weighted by molar-refractivity contribution is 0.866. The third-order valence-electron chi connectivity index (χ3n) is 9.98. The van der Waals surface area contributed by atoms with Crippen molar-refractivity contribution in [2.45, 2.75) is 39.5 Å². The molecule has 1 aromatic heterocycles. The van der Waals surface area contributed by atoms with E-state index in [1.54, 1.807) is 0 Å². The number of imidazole rings is 1. The Bertz CT molecular complexity index is 2410. The molecule has 0 saturated carbocycles. The maximum atomic E-state index is 5.19. The average Bonchev–Trinajstić information content (AvgIpc) is 3.60. The molecule has 4 nitrogen and oxygen atoms in total. The van der Waals surface area contributed by atoms with Gasteiger partial charge in [-0.2, -0.15) is 0 Å². The first-order valence-electron chi connectivity index (χ1n) is 18.5. The lowest BCUT2D eigenvalue weighted by Crippen LogP contribution is -2.10. The molecule has 53 heavy (non-hydrogen) atoms. The highest BCUT2D eigenvalue weighted by Gasteiger charge is 2.18. The Hall–Kier alpha value is -6.39. The van der Waals surface area contributed by atoms with E-state index in [0.717, 1.165) is 62.2 Å². The van der Waals surface area contributed by atoms with Crippen LogP contribution in [0.1, 0.15) is 50.7 Å². The molecule has 0 aliphatic rings. The van der Waals surface area contributed by atoms with E-state index < -0.39 is 0 Å². The largest absolute Gasteiger partial charge is 0.311 e. The Kier molecular flexibility index (Phi) is 9.35. The van der Waals surface area contributed by atoms with Crippen LogP contribution in [-0.2, 0) is 0 Å². The Balaban J connectivity index is 1.17. The van der Waals surface area contributed by atoms with Crippen molar-refractivity contribution in [3.63, 3.8) is 0 Å². The van der Waals surface area contributed by atoms with Crippen molar-refractivity contribution in [3.05, 3.63) is 193 Å². The maximum absolute atomic E-state index is 5.19. The molecule has 7 aromatic carbocycles. The van der Waals surface area contributed by atoms with Gasteiger partial charge in [0.1, 0.15) is 5.82 Å². The predicted molar refractivity (Wildman–Crippen MR) is 224 cm³/mol. The van der Waals surface area contributed by atoms with Gasteiger partial charge in [-0.15, -0.1) is 0 Å². The van der Waals surface area contributed by atoms with Gasteiger partial charge in [0.25, 0.3) is 0 Å². The van der Waals surface area contributed by atoms with E-state index in [-0.39, 0.29) is 0 Å². The summed E-state index contributed by atoms with van der Waals surface area (Å²) in [6.07, 6.45) is 0. The van der Waals surface area contributed by atoms with Gasteiger partial charge in [0.15, 0.2) is 0 Å². The normalized spacial score (nSPS) is 11.4. The predicted octanol–water partition coefficient (Wildman–Crippen LogP) is 13.9. The zero-order chi connectivity index (χ0) is 36.3. The van der Waals surface area contributed by atoms with Gasteiger partial charge in [-0.3, -0.25) is 4.57 Å². The molecule has 0 spiro atoms. The van der Waals surface area contributed by atoms with Crippen LogP contribution in [-0.4, -0.2) is 9.55 Å². The number of hydrogen-bond acceptors (Lipinski definition) is 3. The molecular weight excluding hydrogens is 645 g/mol. The molecule has 0 amide bonds. The fourth-order valence-corrected chi connectivity index (χ4v) is 7.06. The zero-order valence-corrected chi connectivity index (χ0v) is 30.8.